The molecule has 0 N–H and O–H groups in total. The first-order chi connectivity index (χ1) is 7.79. The molecule has 1 aromatic carbocycles. The van der Waals surface area contributed by atoms with Crippen LogP contribution in [-0.4, -0.2) is 5.88 Å². The smallest absolute Gasteiger partial charge is 0.0406 e. The molecular formula is C14H18Cl2. The van der Waals surface area contributed by atoms with Crippen LogP contribution in [0.25, 0.3) is 0 Å². The van der Waals surface area contributed by atoms with Crippen LogP contribution in [0.1, 0.15) is 31.2 Å². The van der Waals surface area contributed by atoms with Gasteiger partial charge in [-0.25, -0.2) is 0 Å². The number of benzene rings is 1. The topological polar surface area (TPSA) is 0 Å². The summed E-state index contributed by atoms with van der Waals surface area (Å²) < 4.78 is 0. The van der Waals surface area contributed by atoms with Gasteiger partial charge in [0.15, 0.2) is 0 Å². The molecule has 0 radical (unpaired) electrons. The molecule has 1 aliphatic rings. The second kappa shape index (κ2) is 5.93. The highest BCUT2D eigenvalue weighted by molar-refractivity contribution is 6.30. The van der Waals surface area contributed by atoms with Gasteiger partial charge >= 0.3 is 0 Å². The fraction of sp³-hybridized carbons (Fsp3) is 0.571. The summed E-state index contributed by atoms with van der Waals surface area (Å²) in [4.78, 5) is 0. The van der Waals surface area contributed by atoms with Crippen LogP contribution < -0.4 is 0 Å². The van der Waals surface area contributed by atoms with Gasteiger partial charge in [0.2, 0.25) is 0 Å². The van der Waals surface area contributed by atoms with Crippen LogP contribution in [0, 0.1) is 11.8 Å². The zero-order valence-electron chi connectivity index (χ0n) is 9.46. The van der Waals surface area contributed by atoms with Gasteiger partial charge in [0.25, 0.3) is 0 Å². The molecule has 0 aliphatic heterocycles. The highest BCUT2D eigenvalue weighted by Gasteiger charge is 2.24. The maximum atomic E-state index is 6.10. The molecule has 1 saturated carbocycles. The predicted octanol–water partition coefficient (Wildman–Crippen LogP) is 4.93. The molecule has 0 saturated heterocycles. The fourth-order valence-electron chi connectivity index (χ4n) is 2.70. The summed E-state index contributed by atoms with van der Waals surface area (Å²) in [5.74, 6) is 2.27. The molecule has 1 aliphatic carbocycles. The molecule has 2 rings (SSSR count). The van der Waals surface area contributed by atoms with Crippen molar-refractivity contribution in [2.24, 2.45) is 11.8 Å². The molecule has 0 amide bonds. The molecule has 0 spiro atoms. The molecule has 1 aromatic rings. The minimum absolute atomic E-state index is 0.644. The third kappa shape index (κ3) is 3.15. The monoisotopic (exact) mass is 256 g/mol. The SMILES string of the molecule is ClCC(Cc1ccc(Cl)cc1)C1CCCC1. The van der Waals surface area contributed by atoms with Crippen molar-refractivity contribution in [2.75, 3.05) is 5.88 Å². The molecule has 0 bridgehead atoms. The van der Waals surface area contributed by atoms with Gasteiger partial charge < -0.3 is 0 Å². The molecule has 0 heterocycles. The van der Waals surface area contributed by atoms with Gasteiger partial charge in [-0.3, -0.25) is 0 Å². The Kier molecular flexibility index (Phi) is 4.55. The van der Waals surface area contributed by atoms with E-state index in [4.69, 9.17) is 23.2 Å². The highest BCUT2D eigenvalue weighted by atomic mass is 35.5. The summed E-state index contributed by atoms with van der Waals surface area (Å²) in [6.45, 7) is 0. The van der Waals surface area contributed by atoms with Crippen molar-refractivity contribution in [2.45, 2.75) is 32.1 Å². The van der Waals surface area contributed by atoms with E-state index >= 15 is 0 Å². The van der Waals surface area contributed by atoms with Crippen LogP contribution in [-0.2, 0) is 6.42 Å². The fourth-order valence-corrected chi connectivity index (χ4v) is 3.19. The van der Waals surface area contributed by atoms with E-state index < -0.39 is 0 Å². The van der Waals surface area contributed by atoms with Crippen molar-refractivity contribution in [3.8, 4) is 0 Å². The maximum Gasteiger partial charge on any atom is 0.0406 e. The van der Waals surface area contributed by atoms with Crippen molar-refractivity contribution < 1.29 is 0 Å². The summed E-state index contributed by atoms with van der Waals surface area (Å²) in [5.41, 5.74) is 1.36. The van der Waals surface area contributed by atoms with Gasteiger partial charge in [-0.05, 0) is 36.0 Å². The van der Waals surface area contributed by atoms with Gasteiger partial charge in [-0.15, -0.1) is 11.6 Å². The summed E-state index contributed by atoms with van der Waals surface area (Å²) in [5, 5.41) is 0.812. The van der Waals surface area contributed by atoms with Crippen molar-refractivity contribution in [3.05, 3.63) is 34.9 Å². The molecule has 0 aromatic heterocycles. The van der Waals surface area contributed by atoms with E-state index in [0.29, 0.717) is 5.92 Å². The van der Waals surface area contributed by atoms with Crippen molar-refractivity contribution in [3.63, 3.8) is 0 Å². The summed E-state index contributed by atoms with van der Waals surface area (Å²) in [6, 6.07) is 8.18. The van der Waals surface area contributed by atoms with Gasteiger partial charge in [0, 0.05) is 10.9 Å². The summed E-state index contributed by atoms with van der Waals surface area (Å²) in [7, 11) is 0. The standard InChI is InChI=1S/C14H18Cl2/c15-10-13(12-3-1-2-4-12)9-11-5-7-14(16)8-6-11/h5-8,12-13H,1-4,9-10H2. The Morgan fingerprint density at radius 3 is 2.31 bits per heavy atom. The van der Waals surface area contributed by atoms with E-state index in [0.717, 1.165) is 23.2 Å². The molecule has 1 fully saturated rings. The Morgan fingerprint density at radius 2 is 1.75 bits per heavy atom. The van der Waals surface area contributed by atoms with Gasteiger partial charge in [-0.1, -0.05) is 49.4 Å². The van der Waals surface area contributed by atoms with E-state index in [1.54, 1.807) is 0 Å². The Morgan fingerprint density at radius 1 is 1.12 bits per heavy atom. The van der Waals surface area contributed by atoms with Crippen molar-refractivity contribution in [1.29, 1.82) is 0 Å². The lowest BCUT2D eigenvalue weighted by atomic mass is 9.87. The van der Waals surface area contributed by atoms with E-state index in [9.17, 15) is 0 Å². The zero-order chi connectivity index (χ0) is 11.4. The second-order valence-electron chi connectivity index (χ2n) is 4.79. The number of alkyl halides is 1. The van der Waals surface area contributed by atoms with Crippen molar-refractivity contribution >= 4 is 23.2 Å². The van der Waals surface area contributed by atoms with E-state index in [1.807, 2.05) is 12.1 Å². The van der Waals surface area contributed by atoms with E-state index in [1.165, 1.54) is 31.2 Å². The second-order valence-corrected chi connectivity index (χ2v) is 5.53. The normalized spacial score (nSPS) is 18.9. The van der Waals surface area contributed by atoms with E-state index in [2.05, 4.69) is 12.1 Å². The zero-order valence-corrected chi connectivity index (χ0v) is 11.0. The van der Waals surface area contributed by atoms with Gasteiger partial charge in [-0.2, -0.15) is 0 Å². The Bertz CT molecular complexity index is 312. The van der Waals surface area contributed by atoms with Crippen LogP contribution >= 0.6 is 23.2 Å². The molecule has 2 heteroatoms. The lowest BCUT2D eigenvalue weighted by Gasteiger charge is -2.21. The Hall–Kier alpha value is -0.200. The molecule has 1 atom stereocenters. The quantitative estimate of drug-likeness (QED) is 0.671. The number of hydrogen-bond donors (Lipinski definition) is 0. The summed E-state index contributed by atoms with van der Waals surface area (Å²) in [6.07, 6.45) is 6.61. The third-order valence-corrected chi connectivity index (χ3v) is 4.32. The van der Waals surface area contributed by atoms with E-state index in [-0.39, 0.29) is 0 Å². The average molecular weight is 257 g/mol. The highest BCUT2D eigenvalue weighted by Crippen LogP contribution is 2.34. The van der Waals surface area contributed by atoms with Crippen LogP contribution in [0.15, 0.2) is 24.3 Å². The first-order valence-corrected chi connectivity index (χ1v) is 7.01. The van der Waals surface area contributed by atoms with Gasteiger partial charge in [0.1, 0.15) is 0 Å². The Labute approximate surface area is 108 Å². The Balaban J connectivity index is 1.97. The lowest BCUT2D eigenvalue weighted by Crippen LogP contribution is -2.16. The third-order valence-electron chi connectivity index (χ3n) is 3.68. The number of halogens is 2. The minimum atomic E-state index is 0.644. The van der Waals surface area contributed by atoms with Crippen molar-refractivity contribution in [1.82, 2.24) is 0 Å². The maximum absolute atomic E-state index is 6.10. The molecule has 16 heavy (non-hydrogen) atoms. The summed E-state index contributed by atoms with van der Waals surface area (Å²) >= 11 is 12.0. The first-order valence-electron chi connectivity index (χ1n) is 6.10. The van der Waals surface area contributed by atoms with Gasteiger partial charge in [0.05, 0.1) is 0 Å². The minimum Gasteiger partial charge on any atom is -0.126 e. The number of rotatable bonds is 4. The largest absolute Gasteiger partial charge is 0.126 e. The van der Waals surface area contributed by atoms with Crippen LogP contribution in [0.3, 0.4) is 0 Å². The molecule has 1 unspecified atom stereocenters. The van der Waals surface area contributed by atoms with Crippen LogP contribution in [0.5, 0.6) is 0 Å². The predicted molar refractivity (Wildman–Crippen MR) is 71.3 cm³/mol. The molecule has 88 valence electrons. The first kappa shape index (κ1) is 12.3. The van der Waals surface area contributed by atoms with Crippen LogP contribution in [0.2, 0.25) is 5.02 Å². The average Bonchev–Trinajstić information content (AvgIpc) is 2.82. The molecular weight excluding hydrogens is 239 g/mol. The number of hydrogen-bond acceptors (Lipinski definition) is 0. The van der Waals surface area contributed by atoms with Crippen LogP contribution in [0.4, 0.5) is 0 Å². The lowest BCUT2D eigenvalue weighted by molar-refractivity contribution is 0.369. The molecule has 0 nitrogen and oxygen atoms in total.